The third-order valence-corrected chi connectivity index (χ3v) is 5.07. The zero-order chi connectivity index (χ0) is 18.8. The Morgan fingerprint density at radius 1 is 0.679 bits per heavy atom. The third kappa shape index (κ3) is 3.67. The fourth-order valence-electron chi connectivity index (χ4n) is 3.45. The first-order valence-electron chi connectivity index (χ1n) is 9.76. The number of benzene rings is 4. The molecule has 0 heterocycles. The Kier molecular flexibility index (Phi) is 4.38. The van der Waals surface area contributed by atoms with Gasteiger partial charge in [0.1, 0.15) is 11.5 Å². The molecule has 4 aromatic rings. The average Bonchev–Trinajstić information content (AvgIpc) is 3.59. The summed E-state index contributed by atoms with van der Waals surface area (Å²) >= 11 is 0. The number of hydrogen-bond donors (Lipinski definition) is 0. The van der Waals surface area contributed by atoms with E-state index in [-0.39, 0.29) is 0 Å². The predicted octanol–water partition coefficient (Wildman–Crippen LogP) is 7.16. The second-order valence-corrected chi connectivity index (χ2v) is 7.24. The van der Waals surface area contributed by atoms with Gasteiger partial charge in [-0.2, -0.15) is 0 Å². The molecule has 0 atom stereocenters. The summed E-state index contributed by atoms with van der Waals surface area (Å²) in [5, 5.41) is 2.53. The fraction of sp³-hybridized carbons (Fsp3) is 0.115. The van der Waals surface area contributed by atoms with Gasteiger partial charge in [-0.3, -0.25) is 4.99 Å². The molecule has 0 amide bonds. The fourth-order valence-corrected chi connectivity index (χ4v) is 3.45. The van der Waals surface area contributed by atoms with Gasteiger partial charge in [-0.25, -0.2) is 0 Å². The summed E-state index contributed by atoms with van der Waals surface area (Å²) in [6.07, 6.45) is 2.45. The average molecular weight is 363 g/mol. The van der Waals surface area contributed by atoms with Crippen LogP contribution in [0.1, 0.15) is 18.4 Å². The number of fused-ring (bicyclic) bond motifs is 1. The van der Waals surface area contributed by atoms with Crippen LogP contribution >= 0.6 is 0 Å². The van der Waals surface area contributed by atoms with Crippen molar-refractivity contribution >= 4 is 22.2 Å². The minimum atomic E-state index is 0.571. The number of nitrogens with zero attached hydrogens (tertiary/aromatic N) is 1. The summed E-state index contributed by atoms with van der Waals surface area (Å²) in [5.74, 6) is 2.24. The molecule has 0 N–H and O–H groups in total. The lowest BCUT2D eigenvalue weighted by molar-refractivity contribution is 0.483. The first-order chi connectivity index (χ1) is 13.8. The minimum absolute atomic E-state index is 0.571. The summed E-state index contributed by atoms with van der Waals surface area (Å²) in [6, 6.07) is 33.0. The predicted molar refractivity (Wildman–Crippen MR) is 116 cm³/mol. The van der Waals surface area contributed by atoms with Gasteiger partial charge in [0.15, 0.2) is 0 Å². The van der Waals surface area contributed by atoms with Gasteiger partial charge in [0.25, 0.3) is 0 Å². The van der Waals surface area contributed by atoms with E-state index in [1.165, 1.54) is 34.9 Å². The largest absolute Gasteiger partial charge is 0.457 e. The molecule has 2 heteroatoms. The van der Waals surface area contributed by atoms with Gasteiger partial charge in [0.05, 0.1) is 11.4 Å². The molecule has 1 aliphatic carbocycles. The molecule has 2 nitrogen and oxygen atoms in total. The summed E-state index contributed by atoms with van der Waals surface area (Å²) in [5.41, 5.74) is 3.39. The number of para-hydroxylation sites is 1. The van der Waals surface area contributed by atoms with Crippen LogP contribution in [0, 0.1) is 5.92 Å². The van der Waals surface area contributed by atoms with Crippen LogP contribution in [0.5, 0.6) is 11.5 Å². The molecule has 4 aromatic carbocycles. The summed E-state index contributed by atoms with van der Waals surface area (Å²) in [7, 11) is 0. The van der Waals surface area contributed by atoms with E-state index in [0.717, 1.165) is 17.2 Å². The minimum Gasteiger partial charge on any atom is -0.457 e. The van der Waals surface area contributed by atoms with Gasteiger partial charge in [-0.1, -0.05) is 54.6 Å². The van der Waals surface area contributed by atoms with E-state index in [0.29, 0.717) is 5.92 Å². The zero-order valence-corrected chi connectivity index (χ0v) is 15.6. The monoisotopic (exact) mass is 363 g/mol. The Labute approximate surface area is 165 Å². The molecule has 5 rings (SSSR count). The van der Waals surface area contributed by atoms with E-state index in [9.17, 15) is 0 Å². The summed E-state index contributed by atoms with van der Waals surface area (Å²) < 4.78 is 5.88. The van der Waals surface area contributed by atoms with Crippen molar-refractivity contribution in [2.75, 3.05) is 0 Å². The Hall–Kier alpha value is -3.39. The Bertz CT molecular complexity index is 1130. The highest BCUT2D eigenvalue weighted by Crippen LogP contribution is 2.36. The van der Waals surface area contributed by atoms with E-state index >= 15 is 0 Å². The van der Waals surface area contributed by atoms with Gasteiger partial charge in [-0.15, -0.1) is 0 Å². The molecule has 136 valence electrons. The van der Waals surface area contributed by atoms with Crippen molar-refractivity contribution in [3.8, 4) is 11.5 Å². The summed E-state index contributed by atoms with van der Waals surface area (Å²) in [4.78, 5) is 5.01. The van der Waals surface area contributed by atoms with E-state index in [4.69, 9.17) is 9.73 Å². The zero-order valence-electron chi connectivity index (χ0n) is 15.6. The van der Waals surface area contributed by atoms with E-state index < -0.39 is 0 Å². The smallest absolute Gasteiger partial charge is 0.127 e. The topological polar surface area (TPSA) is 21.6 Å². The van der Waals surface area contributed by atoms with Crippen LogP contribution in [0.3, 0.4) is 0 Å². The first kappa shape index (κ1) is 16.8. The molecule has 0 bridgehead atoms. The van der Waals surface area contributed by atoms with Crippen LogP contribution in [0.25, 0.3) is 10.8 Å². The number of ether oxygens (including phenoxy) is 1. The Balaban J connectivity index is 1.43. The lowest BCUT2D eigenvalue weighted by Gasteiger charge is -2.09. The quantitative estimate of drug-likeness (QED) is 0.345. The maximum absolute atomic E-state index is 5.88. The lowest BCUT2D eigenvalue weighted by atomic mass is 10.0. The molecule has 0 aliphatic heterocycles. The van der Waals surface area contributed by atoms with Crippen molar-refractivity contribution in [3.63, 3.8) is 0 Å². The number of rotatable bonds is 5. The van der Waals surface area contributed by atoms with Crippen molar-refractivity contribution in [2.24, 2.45) is 10.9 Å². The van der Waals surface area contributed by atoms with Crippen LogP contribution in [0.15, 0.2) is 102 Å². The van der Waals surface area contributed by atoms with E-state index in [2.05, 4.69) is 42.5 Å². The van der Waals surface area contributed by atoms with Crippen LogP contribution in [0.2, 0.25) is 0 Å². The normalized spacial score (nSPS) is 14.2. The van der Waals surface area contributed by atoms with Crippen LogP contribution in [0.4, 0.5) is 5.69 Å². The van der Waals surface area contributed by atoms with Gasteiger partial charge < -0.3 is 4.74 Å². The molecule has 1 aliphatic rings. The first-order valence-corrected chi connectivity index (χ1v) is 9.76. The SMILES string of the molecule is c1ccc(Oc2ccc(N=C(c3ccc4ccccc4c3)C3CC3)cc2)cc1. The second kappa shape index (κ2) is 7.32. The Morgan fingerprint density at radius 2 is 1.36 bits per heavy atom. The van der Waals surface area contributed by atoms with Crippen molar-refractivity contribution in [3.05, 3.63) is 103 Å². The summed E-state index contributed by atoms with van der Waals surface area (Å²) in [6.45, 7) is 0. The van der Waals surface area contributed by atoms with Gasteiger partial charge in [0.2, 0.25) is 0 Å². The van der Waals surface area contributed by atoms with Gasteiger partial charge in [0, 0.05) is 5.92 Å². The molecule has 0 aromatic heterocycles. The van der Waals surface area contributed by atoms with Gasteiger partial charge in [-0.05, 0) is 71.6 Å². The van der Waals surface area contributed by atoms with Crippen molar-refractivity contribution < 1.29 is 4.74 Å². The van der Waals surface area contributed by atoms with Crippen molar-refractivity contribution in [1.82, 2.24) is 0 Å². The lowest BCUT2D eigenvalue weighted by Crippen LogP contribution is -2.03. The number of hydrogen-bond acceptors (Lipinski definition) is 2. The molecule has 28 heavy (non-hydrogen) atoms. The van der Waals surface area contributed by atoms with Crippen molar-refractivity contribution in [2.45, 2.75) is 12.8 Å². The van der Waals surface area contributed by atoms with Crippen molar-refractivity contribution in [1.29, 1.82) is 0 Å². The highest BCUT2D eigenvalue weighted by Gasteiger charge is 2.28. The molecule has 0 saturated heterocycles. The number of aliphatic imine (C=N–C) groups is 1. The third-order valence-electron chi connectivity index (χ3n) is 5.07. The van der Waals surface area contributed by atoms with E-state index in [1.807, 2.05) is 54.6 Å². The molecular weight excluding hydrogens is 342 g/mol. The van der Waals surface area contributed by atoms with Crippen LogP contribution in [-0.4, -0.2) is 5.71 Å². The maximum atomic E-state index is 5.88. The molecule has 1 saturated carbocycles. The molecule has 1 fully saturated rings. The highest BCUT2D eigenvalue weighted by atomic mass is 16.5. The molecular formula is C26H21NO. The molecule has 0 unspecified atom stereocenters. The highest BCUT2D eigenvalue weighted by molar-refractivity contribution is 6.07. The maximum Gasteiger partial charge on any atom is 0.127 e. The van der Waals surface area contributed by atoms with Crippen LogP contribution in [-0.2, 0) is 0 Å². The Morgan fingerprint density at radius 3 is 2.11 bits per heavy atom. The standard InChI is InChI=1S/C26H21NO/c1-2-8-24(9-3-1)28-25-16-14-23(15-17-25)27-26(20-11-12-20)22-13-10-19-6-4-5-7-21(19)18-22/h1-10,13-18,20H,11-12H2. The van der Waals surface area contributed by atoms with Gasteiger partial charge >= 0.3 is 0 Å². The molecule has 0 spiro atoms. The molecule has 0 radical (unpaired) electrons. The van der Waals surface area contributed by atoms with Crippen LogP contribution < -0.4 is 4.74 Å². The second-order valence-electron chi connectivity index (χ2n) is 7.24. The van der Waals surface area contributed by atoms with E-state index in [1.54, 1.807) is 0 Å².